The van der Waals surface area contributed by atoms with Gasteiger partial charge in [-0.2, -0.15) is 4.57 Å². The Morgan fingerprint density at radius 2 is 1.98 bits per heavy atom. The van der Waals surface area contributed by atoms with E-state index in [0.29, 0.717) is 6.54 Å². The number of thioether (sulfide) groups is 1. The van der Waals surface area contributed by atoms with Gasteiger partial charge in [-0.15, -0.1) is 0 Å². The summed E-state index contributed by atoms with van der Waals surface area (Å²) in [6, 6.07) is 14.2. The maximum absolute atomic E-state index is 11.1. The molecule has 1 aliphatic heterocycles. The van der Waals surface area contributed by atoms with Crippen LogP contribution in [-0.4, -0.2) is 25.3 Å². The number of hydrogen-bond donors (Lipinski definition) is 0. The van der Waals surface area contributed by atoms with Crippen molar-refractivity contribution in [2.75, 3.05) is 17.2 Å². The van der Waals surface area contributed by atoms with Gasteiger partial charge in [0, 0.05) is 40.8 Å². The molecule has 1 aliphatic carbocycles. The second-order valence-corrected chi connectivity index (χ2v) is 15.0. The maximum atomic E-state index is 11.1. The third-order valence-corrected chi connectivity index (χ3v) is 10.3. The van der Waals surface area contributed by atoms with Gasteiger partial charge in [-0.1, -0.05) is 78.9 Å². The highest BCUT2D eigenvalue weighted by Crippen LogP contribution is 2.48. The number of aryl methyl sites for hydroxylation is 1. The number of anilines is 1. The Balaban J connectivity index is 1.41. The number of allylic oxidation sites excluding steroid dienone is 6. The molecule has 2 aliphatic rings. The molecular weight excluding hydrogens is 580 g/mol. The summed E-state index contributed by atoms with van der Waals surface area (Å²) in [5.41, 5.74) is 4.94. The highest BCUT2D eigenvalue weighted by atomic mass is 35.5. The molecule has 210 valence electrons. The van der Waals surface area contributed by atoms with Gasteiger partial charge >= 0.3 is 0 Å². The summed E-state index contributed by atoms with van der Waals surface area (Å²) < 4.78 is 36.7. The van der Waals surface area contributed by atoms with Crippen LogP contribution < -0.4 is 9.47 Å². The zero-order chi connectivity index (χ0) is 28.5. The molecule has 0 radical (unpaired) electrons. The minimum absolute atomic E-state index is 0.138. The molecule has 5 nitrogen and oxygen atoms in total. The minimum Gasteiger partial charge on any atom is -0.748 e. The molecule has 2 heterocycles. The van der Waals surface area contributed by atoms with Crippen LogP contribution in [0.2, 0.25) is 5.02 Å². The minimum atomic E-state index is -4.23. The summed E-state index contributed by atoms with van der Waals surface area (Å²) in [6.07, 6.45) is 13.3. The lowest BCUT2D eigenvalue weighted by molar-refractivity contribution is -0.668. The van der Waals surface area contributed by atoms with E-state index >= 15 is 0 Å². The fraction of sp³-hybridized carbons (Fsp3) is 0.323. The van der Waals surface area contributed by atoms with Gasteiger partial charge in [0.2, 0.25) is 5.52 Å². The number of benzene rings is 2. The molecule has 0 fully saturated rings. The van der Waals surface area contributed by atoms with E-state index in [2.05, 4.69) is 72.8 Å². The van der Waals surface area contributed by atoms with E-state index in [-0.39, 0.29) is 17.6 Å². The molecule has 0 saturated heterocycles. The summed E-state index contributed by atoms with van der Waals surface area (Å²) in [7, 11) is -4.23. The largest absolute Gasteiger partial charge is 0.748 e. The van der Waals surface area contributed by atoms with Crippen molar-refractivity contribution in [1.29, 1.82) is 0 Å². The Morgan fingerprint density at radius 3 is 2.75 bits per heavy atom. The average molecular weight is 613 g/mol. The molecule has 40 heavy (non-hydrogen) atoms. The third-order valence-electron chi connectivity index (χ3n) is 7.02. The number of hydrogen-bond acceptors (Lipinski definition) is 6. The van der Waals surface area contributed by atoms with Crippen molar-refractivity contribution in [3.63, 3.8) is 0 Å². The van der Waals surface area contributed by atoms with E-state index in [0.717, 1.165) is 39.6 Å². The summed E-state index contributed by atoms with van der Waals surface area (Å²) in [4.78, 5) is 3.56. The first-order valence-electron chi connectivity index (χ1n) is 13.4. The van der Waals surface area contributed by atoms with Crippen molar-refractivity contribution in [2.24, 2.45) is 5.41 Å². The van der Waals surface area contributed by atoms with Gasteiger partial charge in [0.15, 0.2) is 6.54 Å². The highest BCUT2D eigenvalue weighted by Gasteiger charge is 2.28. The number of thiazole rings is 1. The molecule has 5 rings (SSSR count). The van der Waals surface area contributed by atoms with Gasteiger partial charge in [-0.25, -0.2) is 8.42 Å². The van der Waals surface area contributed by atoms with Crippen LogP contribution in [-0.2, 0) is 16.7 Å². The van der Waals surface area contributed by atoms with E-state index in [1.807, 2.05) is 30.3 Å². The van der Waals surface area contributed by atoms with E-state index in [9.17, 15) is 13.0 Å². The molecule has 3 aromatic rings. The summed E-state index contributed by atoms with van der Waals surface area (Å²) in [5, 5.41) is 3.01. The highest BCUT2D eigenvalue weighted by molar-refractivity contribution is 8.03. The van der Waals surface area contributed by atoms with E-state index < -0.39 is 10.1 Å². The first-order valence-corrected chi connectivity index (χ1v) is 17.0. The molecule has 0 unspecified atom stereocenters. The first-order chi connectivity index (χ1) is 19.0. The Hall–Kier alpha value is -2.36. The van der Waals surface area contributed by atoms with Crippen LogP contribution in [0.15, 0.2) is 87.8 Å². The lowest BCUT2D eigenvalue weighted by atomic mass is 9.75. The van der Waals surface area contributed by atoms with Gasteiger partial charge < -0.3 is 9.45 Å². The summed E-state index contributed by atoms with van der Waals surface area (Å²) >= 11 is 9.75. The predicted molar refractivity (Wildman–Crippen MR) is 168 cm³/mol. The molecule has 0 spiro atoms. The second-order valence-electron chi connectivity index (χ2n) is 11.0. The van der Waals surface area contributed by atoms with E-state index in [1.54, 1.807) is 23.1 Å². The van der Waals surface area contributed by atoms with E-state index in [1.165, 1.54) is 26.8 Å². The van der Waals surface area contributed by atoms with E-state index in [4.69, 9.17) is 11.6 Å². The second kappa shape index (κ2) is 11.9. The first kappa shape index (κ1) is 29.1. The molecule has 0 N–H and O–H groups in total. The van der Waals surface area contributed by atoms with Crippen LogP contribution in [0.3, 0.4) is 0 Å². The zero-order valence-corrected chi connectivity index (χ0v) is 26.1. The number of rotatable bonds is 8. The Labute approximate surface area is 250 Å². The SMILES string of the molecule is CCN1C(=CC2=C/C(=C\C=C\c3sc4ccccc4[n+]3CCCS(=O)(=O)[O-])CC(C)(C)C2)Sc2ccc(Cl)cc21. The van der Waals surface area contributed by atoms with Crippen molar-refractivity contribution >= 4 is 66.8 Å². The van der Waals surface area contributed by atoms with Crippen molar-refractivity contribution in [1.82, 2.24) is 0 Å². The zero-order valence-electron chi connectivity index (χ0n) is 22.9. The fourth-order valence-electron chi connectivity index (χ4n) is 5.44. The molecule has 0 amide bonds. The topological polar surface area (TPSA) is 64.3 Å². The fourth-order valence-corrected chi connectivity index (χ4v) is 8.37. The number of para-hydroxylation sites is 1. The molecule has 1 aromatic heterocycles. The molecule has 2 aromatic carbocycles. The van der Waals surface area contributed by atoms with Crippen LogP contribution in [0.4, 0.5) is 5.69 Å². The van der Waals surface area contributed by atoms with Crippen molar-refractivity contribution in [3.05, 3.63) is 93.0 Å². The molecule has 0 bridgehead atoms. The quantitative estimate of drug-likeness (QED) is 0.191. The molecule has 0 saturated carbocycles. The Morgan fingerprint density at radius 1 is 1.18 bits per heavy atom. The number of nitrogens with zero attached hydrogens (tertiary/aromatic N) is 2. The number of fused-ring (bicyclic) bond motifs is 2. The maximum Gasteiger partial charge on any atom is 0.262 e. The van der Waals surface area contributed by atoms with Crippen LogP contribution in [0, 0.1) is 5.41 Å². The molecular formula is C31H33ClN2O3S3. The van der Waals surface area contributed by atoms with Crippen LogP contribution in [0.5, 0.6) is 0 Å². The summed E-state index contributed by atoms with van der Waals surface area (Å²) in [5.74, 6) is -0.360. The van der Waals surface area contributed by atoms with Gasteiger partial charge in [-0.3, -0.25) is 0 Å². The van der Waals surface area contributed by atoms with Gasteiger partial charge in [0.05, 0.1) is 20.8 Å². The Kier molecular flexibility index (Phi) is 8.64. The van der Waals surface area contributed by atoms with Crippen LogP contribution in [0.1, 0.15) is 45.0 Å². The number of aromatic nitrogens is 1. The molecule has 0 atom stereocenters. The van der Waals surface area contributed by atoms with Gasteiger partial charge in [-0.05, 0) is 66.7 Å². The monoisotopic (exact) mass is 612 g/mol. The lowest BCUT2D eigenvalue weighted by Gasteiger charge is -2.31. The lowest BCUT2D eigenvalue weighted by Crippen LogP contribution is -2.35. The van der Waals surface area contributed by atoms with Crippen LogP contribution >= 0.6 is 34.7 Å². The smallest absolute Gasteiger partial charge is 0.262 e. The molecule has 9 heteroatoms. The standard InChI is InChI=1S/C31H33ClN2O3S3/c1-4-33-26-19-24(32)13-14-28(26)39-30(33)18-23-17-22(20-31(2,3)21-23)9-7-12-29-34(15-8-16-40(35,36)37)25-10-5-6-11-27(25)38-29/h5-7,9-14,17-19H,4,8,15-16,20-21H2,1-3H3. The normalized spacial score (nSPS) is 19.2. The summed E-state index contributed by atoms with van der Waals surface area (Å²) in [6.45, 7) is 8.15. The van der Waals surface area contributed by atoms with Crippen molar-refractivity contribution < 1.29 is 17.5 Å². The number of halogens is 1. The van der Waals surface area contributed by atoms with Crippen LogP contribution in [0.25, 0.3) is 16.3 Å². The van der Waals surface area contributed by atoms with Gasteiger partial charge in [0.1, 0.15) is 4.70 Å². The third kappa shape index (κ3) is 6.92. The Bertz CT molecular complexity index is 1670. The van der Waals surface area contributed by atoms with Crippen molar-refractivity contribution in [2.45, 2.75) is 51.5 Å². The van der Waals surface area contributed by atoms with Gasteiger partial charge in [0.25, 0.3) is 5.01 Å². The van der Waals surface area contributed by atoms with Crippen molar-refractivity contribution in [3.8, 4) is 0 Å². The predicted octanol–water partition coefficient (Wildman–Crippen LogP) is 7.94. The average Bonchev–Trinajstić information content (AvgIpc) is 3.39.